The Hall–Kier alpha value is -0.870. The van der Waals surface area contributed by atoms with Crippen molar-refractivity contribution in [1.82, 2.24) is 0 Å². The van der Waals surface area contributed by atoms with E-state index in [1.807, 2.05) is 12.1 Å². The van der Waals surface area contributed by atoms with Gasteiger partial charge >= 0.3 is 0 Å². The van der Waals surface area contributed by atoms with E-state index in [4.69, 9.17) is 5.73 Å². The molecular formula is C16H27NO2S. The molecule has 1 aromatic carbocycles. The molecule has 0 saturated heterocycles. The molecule has 0 heterocycles. The maximum atomic E-state index is 11.8. The van der Waals surface area contributed by atoms with Crippen molar-refractivity contribution in [2.24, 2.45) is 5.73 Å². The third-order valence-electron chi connectivity index (χ3n) is 4.12. The highest BCUT2D eigenvalue weighted by atomic mass is 32.2. The van der Waals surface area contributed by atoms with Crippen molar-refractivity contribution in [2.75, 3.05) is 6.26 Å². The Morgan fingerprint density at radius 1 is 1.05 bits per heavy atom. The second kappa shape index (κ2) is 5.49. The lowest BCUT2D eigenvalue weighted by molar-refractivity contribution is 0.482. The minimum Gasteiger partial charge on any atom is -0.326 e. The van der Waals surface area contributed by atoms with Crippen LogP contribution in [-0.4, -0.2) is 25.5 Å². The smallest absolute Gasteiger partial charge is 0.154 e. The molecular weight excluding hydrogens is 270 g/mol. The van der Waals surface area contributed by atoms with Crippen molar-refractivity contribution < 1.29 is 8.42 Å². The van der Waals surface area contributed by atoms with Crippen molar-refractivity contribution in [1.29, 1.82) is 0 Å². The molecule has 1 unspecified atom stereocenters. The van der Waals surface area contributed by atoms with Crippen LogP contribution in [0.3, 0.4) is 0 Å². The maximum absolute atomic E-state index is 11.8. The summed E-state index contributed by atoms with van der Waals surface area (Å²) in [7, 11) is -3.18. The summed E-state index contributed by atoms with van der Waals surface area (Å²) in [6, 6.07) is 7.85. The van der Waals surface area contributed by atoms with Gasteiger partial charge in [0.2, 0.25) is 0 Å². The second-order valence-electron chi connectivity index (χ2n) is 7.13. The fourth-order valence-electron chi connectivity index (χ4n) is 1.92. The topological polar surface area (TPSA) is 60.2 Å². The predicted molar refractivity (Wildman–Crippen MR) is 85.7 cm³/mol. The number of nitrogens with two attached hydrogens (primary N) is 1. The third-order valence-corrected chi connectivity index (χ3v) is 6.34. The Labute approximate surface area is 123 Å². The minimum atomic E-state index is -3.18. The highest BCUT2D eigenvalue weighted by molar-refractivity contribution is 7.92. The number of benzene rings is 1. The van der Waals surface area contributed by atoms with Gasteiger partial charge < -0.3 is 5.73 Å². The molecule has 0 fully saturated rings. The van der Waals surface area contributed by atoms with Gasteiger partial charge in [0.1, 0.15) is 0 Å². The molecule has 2 N–H and O–H groups in total. The van der Waals surface area contributed by atoms with Crippen LogP contribution >= 0.6 is 0 Å². The van der Waals surface area contributed by atoms with Crippen molar-refractivity contribution in [3.8, 4) is 0 Å². The summed E-state index contributed by atoms with van der Waals surface area (Å²) in [6.45, 7) is 9.88. The van der Waals surface area contributed by atoms with E-state index in [9.17, 15) is 8.42 Å². The third kappa shape index (κ3) is 3.83. The molecule has 0 amide bonds. The van der Waals surface area contributed by atoms with Gasteiger partial charge in [-0.15, -0.1) is 0 Å². The monoisotopic (exact) mass is 297 g/mol. The molecule has 0 saturated carbocycles. The lowest BCUT2D eigenvalue weighted by Gasteiger charge is -2.30. The fourth-order valence-corrected chi connectivity index (χ4v) is 2.55. The summed E-state index contributed by atoms with van der Waals surface area (Å²) in [5, 5.41) is 0. The number of rotatable bonds is 4. The Balaban J connectivity index is 2.90. The molecule has 0 aliphatic carbocycles. The van der Waals surface area contributed by atoms with E-state index in [0.717, 1.165) is 5.56 Å². The summed E-state index contributed by atoms with van der Waals surface area (Å²) < 4.78 is 22.7. The maximum Gasteiger partial charge on any atom is 0.154 e. The summed E-state index contributed by atoms with van der Waals surface area (Å²) >= 11 is 0. The zero-order valence-electron chi connectivity index (χ0n) is 13.4. The average Bonchev–Trinajstić information content (AvgIpc) is 2.26. The van der Waals surface area contributed by atoms with Crippen LogP contribution in [0.25, 0.3) is 0 Å². The Morgan fingerprint density at radius 3 is 1.85 bits per heavy atom. The first-order valence-electron chi connectivity index (χ1n) is 6.90. The van der Waals surface area contributed by atoms with E-state index < -0.39 is 20.6 Å². The summed E-state index contributed by atoms with van der Waals surface area (Å²) in [5.74, 6) is 0. The quantitative estimate of drug-likeness (QED) is 0.929. The van der Waals surface area contributed by atoms with Crippen LogP contribution in [0.5, 0.6) is 0 Å². The zero-order valence-corrected chi connectivity index (χ0v) is 14.2. The lowest BCUT2D eigenvalue weighted by Crippen LogP contribution is -2.49. The fraction of sp³-hybridized carbons (Fsp3) is 0.625. The van der Waals surface area contributed by atoms with Gasteiger partial charge in [-0.3, -0.25) is 0 Å². The van der Waals surface area contributed by atoms with Crippen molar-refractivity contribution in [3.63, 3.8) is 0 Å². The molecule has 0 aliphatic heterocycles. The van der Waals surface area contributed by atoms with Crippen LogP contribution in [0.4, 0.5) is 0 Å². The first kappa shape index (κ1) is 17.2. The Bertz CT molecular complexity index is 551. The molecule has 0 aliphatic rings. The van der Waals surface area contributed by atoms with Crippen LogP contribution in [0.2, 0.25) is 0 Å². The zero-order chi connectivity index (χ0) is 15.8. The number of hydrogen-bond acceptors (Lipinski definition) is 3. The standard InChI is InChI=1S/C16H27NO2S/c1-15(2,3)13-9-7-12(8-10-13)11-14(17)16(4,5)20(6,18)19/h7-10,14H,11,17H2,1-6H3. The molecule has 0 bridgehead atoms. The molecule has 3 nitrogen and oxygen atoms in total. The lowest BCUT2D eigenvalue weighted by atomic mass is 9.86. The average molecular weight is 297 g/mol. The van der Waals surface area contributed by atoms with Gasteiger partial charge in [-0.25, -0.2) is 8.42 Å². The number of hydrogen-bond donors (Lipinski definition) is 1. The van der Waals surface area contributed by atoms with E-state index in [0.29, 0.717) is 6.42 Å². The molecule has 1 atom stereocenters. The highest BCUT2D eigenvalue weighted by Crippen LogP contribution is 2.24. The molecule has 0 spiro atoms. The SMILES string of the molecule is CC(C)(C)c1ccc(CC(N)C(C)(C)S(C)(=O)=O)cc1. The minimum absolute atomic E-state index is 0.118. The van der Waals surface area contributed by atoms with Gasteiger partial charge in [-0.05, 0) is 36.8 Å². The van der Waals surface area contributed by atoms with Crippen molar-refractivity contribution in [3.05, 3.63) is 35.4 Å². The Kier molecular flexibility index (Phi) is 4.72. The summed E-state index contributed by atoms with van der Waals surface area (Å²) in [4.78, 5) is 0. The van der Waals surface area contributed by atoms with Crippen LogP contribution in [-0.2, 0) is 21.7 Å². The largest absolute Gasteiger partial charge is 0.326 e. The first-order valence-corrected chi connectivity index (χ1v) is 8.79. The first-order chi connectivity index (χ1) is 8.85. The van der Waals surface area contributed by atoms with Crippen molar-refractivity contribution in [2.45, 2.75) is 57.2 Å². The Morgan fingerprint density at radius 2 is 1.50 bits per heavy atom. The second-order valence-corrected chi connectivity index (χ2v) is 9.73. The van der Waals surface area contributed by atoms with E-state index in [1.54, 1.807) is 13.8 Å². The van der Waals surface area contributed by atoms with E-state index in [2.05, 4.69) is 32.9 Å². The van der Waals surface area contributed by atoms with Crippen LogP contribution in [0, 0.1) is 0 Å². The number of sulfone groups is 1. The molecule has 20 heavy (non-hydrogen) atoms. The highest BCUT2D eigenvalue weighted by Gasteiger charge is 2.36. The molecule has 1 rings (SSSR count). The van der Waals surface area contributed by atoms with E-state index in [-0.39, 0.29) is 5.41 Å². The predicted octanol–water partition coefficient (Wildman–Crippen LogP) is 2.68. The van der Waals surface area contributed by atoms with Crippen LogP contribution in [0.15, 0.2) is 24.3 Å². The van der Waals surface area contributed by atoms with Gasteiger partial charge in [0.25, 0.3) is 0 Å². The van der Waals surface area contributed by atoms with Gasteiger partial charge in [0.05, 0.1) is 4.75 Å². The molecule has 1 aromatic rings. The molecule has 114 valence electrons. The normalized spacial score (nSPS) is 15.2. The molecule has 4 heteroatoms. The van der Waals surface area contributed by atoms with Gasteiger partial charge in [0, 0.05) is 12.3 Å². The van der Waals surface area contributed by atoms with Crippen LogP contribution < -0.4 is 5.73 Å². The van der Waals surface area contributed by atoms with Gasteiger partial charge in [0.15, 0.2) is 9.84 Å². The summed E-state index contributed by atoms with van der Waals surface area (Å²) in [5.41, 5.74) is 8.56. The molecule has 0 radical (unpaired) electrons. The van der Waals surface area contributed by atoms with E-state index >= 15 is 0 Å². The molecule has 0 aromatic heterocycles. The van der Waals surface area contributed by atoms with Gasteiger partial charge in [-0.1, -0.05) is 45.0 Å². The van der Waals surface area contributed by atoms with Gasteiger partial charge in [-0.2, -0.15) is 0 Å². The van der Waals surface area contributed by atoms with Crippen LogP contribution in [0.1, 0.15) is 45.7 Å². The summed E-state index contributed by atoms with van der Waals surface area (Å²) in [6.07, 6.45) is 1.81. The van der Waals surface area contributed by atoms with E-state index in [1.165, 1.54) is 11.8 Å². The van der Waals surface area contributed by atoms with Crippen molar-refractivity contribution >= 4 is 9.84 Å².